The smallest absolute Gasteiger partial charge is 0.211 e. The van der Waals surface area contributed by atoms with Gasteiger partial charge in [-0.15, -0.1) is 0 Å². The zero-order chi connectivity index (χ0) is 14.6. The normalized spacial score (nSPS) is 22.6. The highest BCUT2D eigenvalue weighted by Gasteiger charge is 2.27. The summed E-state index contributed by atoms with van der Waals surface area (Å²) in [7, 11) is -3.02. The molecule has 1 N–H and O–H groups in total. The van der Waals surface area contributed by atoms with Crippen LogP contribution in [0.3, 0.4) is 0 Å². The molecule has 2 unspecified atom stereocenters. The Balaban J connectivity index is 2.42. The molecule has 5 nitrogen and oxygen atoms in total. The summed E-state index contributed by atoms with van der Waals surface area (Å²) in [4.78, 5) is 2.40. The van der Waals surface area contributed by atoms with Crippen LogP contribution < -0.4 is 5.32 Å². The number of rotatable bonds is 6. The van der Waals surface area contributed by atoms with Gasteiger partial charge < -0.3 is 5.32 Å². The molecule has 0 aromatic carbocycles. The molecule has 1 aliphatic heterocycles. The molecular formula is C13H29N3O2S. The van der Waals surface area contributed by atoms with Crippen LogP contribution in [0.5, 0.6) is 0 Å². The van der Waals surface area contributed by atoms with E-state index < -0.39 is 10.0 Å². The van der Waals surface area contributed by atoms with Crippen LogP contribution in [-0.2, 0) is 10.0 Å². The van der Waals surface area contributed by atoms with Crippen molar-refractivity contribution in [3.8, 4) is 0 Å². The van der Waals surface area contributed by atoms with Crippen LogP contribution in [0.25, 0.3) is 0 Å². The van der Waals surface area contributed by atoms with Crippen LogP contribution in [0.2, 0.25) is 0 Å². The standard InChI is InChI=1S/C13H29N3O2S/c1-11(2)14-10-12(3)13(4)15-6-8-16(9-7-15)19(5,17)18/h11-14H,6-10H2,1-5H3. The fraction of sp³-hybridized carbons (Fsp3) is 1.00. The second-order valence-electron chi connectivity index (χ2n) is 5.98. The van der Waals surface area contributed by atoms with Gasteiger partial charge in [0, 0.05) is 38.3 Å². The van der Waals surface area contributed by atoms with Crippen molar-refractivity contribution >= 4 is 10.0 Å². The van der Waals surface area contributed by atoms with Gasteiger partial charge >= 0.3 is 0 Å². The molecule has 1 aliphatic rings. The van der Waals surface area contributed by atoms with Gasteiger partial charge in [-0.25, -0.2) is 8.42 Å². The molecule has 6 heteroatoms. The summed E-state index contributed by atoms with van der Waals surface area (Å²) in [6.45, 7) is 12.7. The van der Waals surface area contributed by atoms with Gasteiger partial charge in [-0.3, -0.25) is 4.90 Å². The first-order valence-electron chi connectivity index (χ1n) is 7.14. The number of hydrogen-bond donors (Lipinski definition) is 1. The first-order valence-corrected chi connectivity index (χ1v) is 8.99. The summed E-state index contributed by atoms with van der Waals surface area (Å²) in [5, 5.41) is 3.47. The lowest BCUT2D eigenvalue weighted by molar-refractivity contribution is 0.113. The van der Waals surface area contributed by atoms with Gasteiger partial charge in [-0.05, 0) is 19.4 Å². The Labute approximate surface area is 118 Å². The lowest BCUT2D eigenvalue weighted by Crippen LogP contribution is -2.53. The molecule has 0 aromatic heterocycles. The third kappa shape index (κ3) is 5.38. The van der Waals surface area contributed by atoms with E-state index in [9.17, 15) is 8.42 Å². The van der Waals surface area contributed by atoms with Gasteiger partial charge in [0.25, 0.3) is 0 Å². The topological polar surface area (TPSA) is 52.6 Å². The molecule has 2 atom stereocenters. The lowest BCUT2D eigenvalue weighted by Gasteiger charge is -2.39. The maximum Gasteiger partial charge on any atom is 0.211 e. The van der Waals surface area contributed by atoms with E-state index in [1.54, 1.807) is 4.31 Å². The molecule has 1 saturated heterocycles. The van der Waals surface area contributed by atoms with Crippen LogP contribution in [0.15, 0.2) is 0 Å². The van der Waals surface area contributed by atoms with E-state index in [4.69, 9.17) is 0 Å². The van der Waals surface area contributed by atoms with Crippen LogP contribution in [0.1, 0.15) is 27.7 Å². The average Bonchev–Trinajstić information content (AvgIpc) is 2.34. The molecule has 1 heterocycles. The van der Waals surface area contributed by atoms with Gasteiger partial charge in [0.1, 0.15) is 0 Å². The molecule has 1 rings (SSSR count). The molecule has 0 spiro atoms. The Morgan fingerprint density at radius 2 is 1.58 bits per heavy atom. The first kappa shape index (κ1) is 16.9. The van der Waals surface area contributed by atoms with Gasteiger partial charge in [0.2, 0.25) is 10.0 Å². The maximum absolute atomic E-state index is 11.5. The Morgan fingerprint density at radius 1 is 1.05 bits per heavy atom. The summed E-state index contributed by atoms with van der Waals surface area (Å²) < 4.78 is 24.5. The van der Waals surface area contributed by atoms with Crippen molar-refractivity contribution < 1.29 is 8.42 Å². The highest BCUT2D eigenvalue weighted by molar-refractivity contribution is 7.88. The van der Waals surface area contributed by atoms with Crippen molar-refractivity contribution in [2.75, 3.05) is 39.0 Å². The number of nitrogens with one attached hydrogen (secondary N) is 1. The van der Waals surface area contributed by atoms with E-state index >= 15 is 0 Å². The van der Waals surface area contributed by atoms with E-state index in [1.807, 2.05) is 0 Å². The van der Waals surface area contributed by atoms with Crippen molar-refractivity contribution in [2.24, 2.45) is 5.92 Å². The highest BCUT2D eigenvalue weighted by atomic mass is 32.2. The molecule has 0 aromatic rings. The maximum atomic E-state index is 11.5. The Hall–Kier alpha value is -0.170. The highest BCUT2D eigenvalue weighted by Crippen LogP contribution is 2.14. The number of piperazine rings is 1. The minimum Gasteiger partial charge on any atom is -0.314 e. The summed E-state index contributed by atoms with van der Waals surface area (Å²) in [5.41, 5.74) is 0. The van der Waals surface area contributed by atoms with Gasteiger partial charge in [0.05, 0.1) is 6.26 Å². The molecule has 114 valence electrons. The zero-order valence-corrected chi connectivity index (χ0v) is 13.7. The minimum atomic E-state index is -3.02. The van der Waals surface area contributed by atoms with Crippen LogP contribution in [-0.4, -0.2) is 68.7 Å². The van der Waals surface area contributed by atoms with Gasteiger partial charge in [-0.1, -0.05) is 20.8 Å². The second-order valence-corrected chi connectivity index (χ2v) is 7.96. The summed E-state index contributed by atoms with van der Waals surface area (Å²) in [6.07, 6.45) is 1.29. The molecule has 1 fully saturated rings. The fourth-order valence-electron chi connectivity index (χ4n) is 2.39. The van der Waals surface area contributed by atoms with Crippen molar-refractivity contribution in [3.05, 3.63) is 0 Å². The summed E-state index contributed by atoms with van der Waals surface area (Å²) >= 11 is 0. The van der Waals surface area contributed by atoms with E-state index in [0.717, 1.165) is 19.6 Å². The lowest BCUT2D eigenvalue weighted by atomic mass is 10.0. The van der Waals surface area contributed by atoms with Crippen LogP contribution in [0, 0.1) is 5.92 Å². The monoisotopic (exact) mass is 291 g/mol. The first-order chi connectivity index (χ1) is 8.71. The summed E-state index contributed by atoms with van der Waals surface area (Å²) in [6, 6.07) is 0.990. The quantitative estimate of drug-likeness (QED) is 0.778. The predicted octanol–water partition coefficient (Wildman–Crippen LogP) is 0.586. The van der Waals surface area contributed by atoms with Crippen LogP contribution in [0.4, 0.5) is 0 Å². The van der Waals surface area contributed by atoms with Gasteiger partial charge in [0.15, 0.2) is 0 Å². The van der Waals surface area contributed by atoms with Crippen LogP contribution >= 0.6 is 0 Å². The number of hydrogen-bond acceptors (Lipinski definition) is 4. The third-order valence-corrected chi connectivity index (χ3v) is 5.29. The Kier molecular flexibility index (Phi) is 6.23. The molecule has 0 saturated carbocycles. The molecular weight excluding hydrogens is 262 g/mol. The van der Waals surface area contributed by atoms with Crippen molar-refractivity contribution in [1.82, 2.24) is 14.5 Å². The Morgan fingerprint density at radius 3 is 2.00 bits per heavy atom. The van der Waals surface area contributed by atoms with E-state index in [-0.39, 0.29) is 0 Å². The van der Waals surface area contributed by atoms with Gasteiger partial charge in [-0.2, -0.15) is 4.31 Å². The molecule has 0 bridgehead atoms. The second kappa shape index (κ2) is 7.02. The molecule has 0 aliphatic carbocycles. The van der Waals surface area contributed by atoms with E-state index in [1.165, 1.54) is 6.26 Å². The zero-order valence-electron chi connectivity index (χ0n) is 12.9. The largest absolute Gasteiger partial charge is 0.314 e. The minimum absolute atomic E-state index is 0.480. The van der Waals surface area contributed by atoms with Crippen molar-refractivity contribution in [3.63, 3.8) is 0 Å². The van der Waals surface area contributed by atoms with Crippen molar-refractivity contribution in [2.45, 2.75) is 39.8 Å². The third-order valence-electron chi connectivity index (χ3n) is 3.99. The summed E-state index contributed by atoms with van der Waals surface area (Å²) in [5.74, 6) is 0.562. The SMILES string of the molecule is CC(C)NCC(C)C(C)N1CCN(S(C)(=O)=O)CC1. The Bertz CT molecular complexity index is 362. The van der Waals surface area contributed by atoms with E-state index in [0.29, 0.717) is 31.1 Å². The molecule has 0 radical (unpaired) electrons. The number of sulfonamides is 1. The predicted molar refractivity (Wildman–Crippen MR) is 79.8 cm³/mol. The molecule has 19 heavy (non-hydrogen) atoms. The van der Waals surface area contributed by atoms with E-state index in [2.05, 4.69) is 37.9 Å². The van der Waals surface area contributed by atoms with Crippen molar-refractivity contribution in [1.29, 1.82) is 0 Å². The average molecular weight is 291 g/mol. The fourth-order valence-corrected chi connectivity index (χ4v) is 3.22. The molecule has 0 amide bonds. The number of nitrogens with zero attached hydrogens (tertiary/aromatic N) is 2.